The molecule has 0 aromatic rings. The Kier molecular flexibility index (Phi) is 64.4. The summed E-state index contributed by atoms with van der Waals surface area (Å²) in [5.74, 6) is -0.963. The topological polar surface area (TPSA) is 78.9 Å². The molecule has 0 aromatic carbocycles. The molecule has 1 atom stereocenters. The maximum absolute atomic E-state index is 12.9. The number of allylic oxidation sites excluding steroid dienone is 26. The average Bonchev–Trinajstić information content (AvgIpc) is 3.47. The molecule has 0 aromatic heterocycles. The molecule has 0 aliphatic rings. The van der Waals surface area contributed by atoms with Gasteiger partial charge in [0.2, 0.25) is 0 Å². The number of esters is 3. The van der Waals surface area contributed by atoms with E-state index in [-0.39, 0.29) is 31.1 Å². The molecule has 462 valence electrons. The van der Waals surface area contributed by atoms with E-state index in [0.29, 0.717) is 19.3 Å². The van der Waals surface area contributed by atoms with Crippen molar-refractivity contribution in [2.45, 2.75) is 290 Å². The van der Waals surface area contributed by atoms with Gasteiger partial charge in [0, 0.05) is 19.3 Å². The normalized spacial score (nSPS) is 13.2. The number of hydrogen-bond donors (Lipinski definition) is 0. The molecule has 0 bridgehead atoms. The summed E-state index contributed by atoms with van der Waals surface area (Å²) in [7, 11) is 0. The zero-order valence-electron chi connectivity index (χ0n) is 52.9. The summed E-state index contributed by atoms with van der Waals surface area (Å²) in [6.45, 7) is 6.36. The number of rotatable bonds is 59. The lowest BCUT2D eigenvalue weighted by molar-refractivity contribution is -0.167. The van der Waals surface area contributed by atoms with Crippen LogP contribution in [0.15, 0.2) is 158 Å². The van der Waals surface area contributed by atoms with Crippen molar-refractivity contribution < 1.29 is 28.6 Å². The van der Waals surface area contributed by atoms with Crippen LogP contribution >= 0.6 is 0 Å². The summed E-state index contributed by atoms with van der Waals surface area (Å²) in [6, 6.07) is 0. The van der Waals surface area contributed by atoms with E-state index >= 15 is 0 Å². The van der Waals surface area contributed by atoms with Crippen molar-refractivity contribution in [3.05, 3.63) is 158 Å². The Morgan fingerprint density at radius 1 is 0.256 bits per heavy atom. The van der Waals surface area contributed by atoms with E-state index in [1.165, 1.54) is 89.9 Å². The monoisotopic (exact) mass is 1130 g/mol. The molecule has 0 amide bonds. The van der Waals surface area contributed by atoms with Crippen LogP contribution in [0.3, 0.4) is 0 Å². The smallest absolute Gasteiger partial charge is 0.306 e. The van der Waals surface area contributed by atoms with Crippen LogP contribution < -0.4 is 0 Å². The highest BCUT2D eigenvalue weighted by atomic mass is 16.6. The molecule has 0 spiro atoms. The van der Waals surface area contributed by atoms with Crippen molar-refractivity contribution in [3.8, 4) is 0 Å². The van der Waals surface area contributed by atoms with Gasteiger partial charge in [0.1, 0.15) is 13.2 Å². The van der Waals surface area contributed by atoms with Crippen molar-refractivity contribution >= 4 is 17.9 Å². The van der Waals surface area contributed by atoms with Gasteiger partial charge < -0.3 is 14.2 Å². The number of carbonyl (C=O) groups is 3. The first-order valence-corrected chi connectivity index (χ1v) is 33.5. The largest absolute Gasteiger partial charge is 0.462 e. The van der Waals surface area contributed by atoms with Gasteiger partial charge in [-0.25, -0.2) is 0 Å². The third-order valence-electron chi connectivity index (χ3n) is 13.7. The number of ether oxygens (including phenoxy) is 3. The summed E-state index contributed by atoms with van der Waals surface area (Å²) in [6.07, 6.45) is 99.7. The van der Waals surface area contributed by atoms with Crippen molar-refractivity contribution in [2.24, 2.45) is 0 Å². The average molecular weight is 1130 g/mol. The first kappa shape index (κ1) is 77.0. The fraction of sp³-hybridized carbons (Fsp3) is 0.618. The molecule has 0 rings (SSSR count). The van der Waals surface area contributed by atoms with Crippen LogP contribution in [0.5, 0.6) is 0 Å². The Hall–Kier alpha value is -4.97. The van der Waals surface area contributed by atoms with Crippen molar-refractivity contribution in [1.82, 2.24) is 0 Å². The quantitative estimate of drug-likeness (QED) is 0.0261. The number of carbonyl (C=O) groups excluding carboxylic acids is 3. The summed E-state index contributed by atoms with van der Waals surface area (Å²) < 4.78 is 16.9. The lowest BCUT2D eigenvalue weighted by atomic mass is 10.1. The van der Waals surface area contributed by atoms with Gasteiger partial charge in [-0.3, -0.25) is 14.4 Å². The third-order valence-corrected chi connectivity index (χ3v) is 13.7. The molecule has 0 heterocycles. The molecule has 6 nitrogen and oxygen atoms in total. The van der Waals surface area contributed by atoms with Crippen molar-refractivity contribution in [1.29, 1.82) is 0 Å². The van der Waals surface area contributed by atoms with Gasteiger partial charge in [0.25, 0.3) is 0 Å². The van der Waals surface area contributed by atoms with Crippen LogP contribution in [0, 0.1) is 0 Å². The third kappa shape index (κ3) is 65.8. The maximum Gasteiger partial charge on any atom is 0.306 e. The zero-order valence-corrected chi connectivity index (χ0v) is 52.9. The second kappa shape index (κ2) is 68.5. The molecule has 0 saturated heterocycles. The van der Waals surface area contributed by atoms with E-state index in [2.05, 4.69) is 179 Å². The van der Waals surface area contributed by atoms with E-state index in [9.17, 15) is 14.4 Å². The Morgan fingerprint density at radius 2 is 0.476 bits per heavy atom. The highest BCUT2D eigenvalue weighted by molar-refractivity contribution is 5.71. The Labute approximate surface area is 505 Å². The van der Waals surface area contributed by atoms with Crippen LogP contribution in [0.1, 0.15) is 284 Å². The highest BCUT2D eigenvalue weighted by Crippen LogP contribution is 2.15. The fourth-order valence-corrected chi connectivity index (χ4v) is 8.80. The minimum atomic E-state index is -0.811. The Bertz CT molecular complexity index is 1830. The van der Waals surface area contributed by atoms with E-state index in [1.807, 2.05) is 0 Å². The predicted molar refractivity (Wildman–Crippen MR) is 357 cm³/mol. The van der Waals surface area contributed by atoms with Crippen LogP contribution in [0.25, 0.3) is 0 Å². The van der Waals surface area contributed by atoms with Crippen LogP contribution in [-0.4, -0.2) is 37.2 Å². The molecular weight excluding hydrogens is 1010 g/mol. The molecule has 6 heteroatoms. The standard InChI is InChI=1S/C76H122O6/c1-4-7-10-13-16-19-22-25-28-30-31-32-33-34-35-36-37-38-39-40-41-42-43-44-45-46-49-51-54-57-60-63-66-69-75(78)81-72-73(71-80-74(77)68-65-62-59-56-53-50-47-27-24-21-18-15-12-9-6-3)82-76(79)70-67-64-61-58-55-52-48-29-26-23-20-17-14-11-8-5-2/h7,9-10,12,16,18-19,21,25,27-29,31-32,34-35,37-38,40-41,43-44,47-48,53,56,73H,4-6,8,11,13-15,17,20,22-24,26,30,33,36,39,42,45-46,49-52,54-55,57-72H2,1-3H3/b10-7-,12-9-,19-16-,21-18-,28-25-,32-31-,35-34-,38-37-,41-40-,44-43-,47-27-,48-29-,56-53-. The molecule has 1 unspecified atom stereocenters. The van der Waals surface area contributed by atoms with Crippen molar-refractivity contribution in [3.63, 3.8) is 0 Å². The molecule has 82 heavy (non-hydrogen) atoms. The second-order valence-electron chi connectivity index (χ2n) is 21.6. The Morgan fingerprint density at radius 3 is 0.780 bits per heavy atom. The predicted octanol–water partition coefficient (Wildman–Crippen LogP) is 23.3. The molecule has 0 radical (unpaired) electrons. The van der Waals surface area contributed by atoms with Gasteiger partial charge in [-0.2, -0.15) is 0 Å². The van der Waals surface area contributed by atoms with Gasteiger partial charge in [-0.1, -0.05) is 275 Å². The van der Waals surface area contributed by atoms with E-state index < -0.39 is 6.10 Å². The highest BCUT2D eigenvalue weighted by Gasteiger charge is 2.19. The molecule has 0 saturated carbocycles. The maximum atomic E-state index is 12.9. The van der Waals surface area contributed by atoms with E-state index in [1.54, 1.807) is 0 Å². The summed E-state index contributed by atoms with van der Waals surface area (Å²) in [5.41, 5.74) is 0. The minimum absolute atomic E-state index is 0.104. The van der Waals surface area contributed by atoms with Crippen LogP contribution in [0.2, 0.25) is 0 Å². The summed E-state index contributed by atoms with van der Waals surface area (Å²) >= 11 is 0. The first-order valence-electron chi connectivity index (χ1n) is 33.5. The van der Waals surface area contributed by atoms with E-state index in [0.717, 1.165) is 154 Å². The summed E-state index contributed by atoms with van der Waals surface area (Å²) in [5, 5.41) is 0. The second-order valence-corrected chi connectivity index (χ2v) is 21.6. The summed E-state index contributed by atoms with van der Waals surface area (Å²) in [4.78, 5) is 38.3. The van der Waals surface area contributed by atoms with Gasteiger partial charge in [0.15, 0.2) is 6.10 Å². The molecule has 0 fully saturated rings. The fourth-order valence-electron chi connectivity index (χ4n) is 8.80. The lowest BCUT2D eigenvalue weighted by Crippen LogP contribution is -2.30. The SMILES string of the molecule is CC/C=C\C/C=C\C/C=C\C/C=C\C/C=C\C/C=C\C/C=C\C/C=C\CCCCCCCCCCC(=O)OCC(COC(=O)CCCC/C=C\C/C=C\C/C=C\C/C=C\CC)OC(=O)CCCCCCC/C=C\CCCCCCCCC. The molecule has 0 aliphatic carbocycles. The van der Waals surface area contributed by atoms with Gasteiger partial charge in [-0.05, 0) is 148 Å². The van der Waals surface area contributed by atoms with Gasteiger partial charge >= 0.3 is 17.9 Å². The number of unbranched alkanes of at least 4 members (excludes halogenated alkanes) is 22. The lowest BCUT2D eigenvalue weighted by Gasteiger charge is -2.18. The molecule has 0 aliphatic heterocycles. The molecule has 0 N–H and O–H groups in total. The zero-order chi connectivity index (χ0) is 59.2. The van der Waals surface area contributed by atoms with E-state index in [4.69, 9.17) is 14.2 Å². The Balaban J connectivity index is 4.35. The minimum Gasteiger partial charge on any atom is -0.462 e. The van der Waals surface area contributed by atoms with Gasteiger partial charge in [-0.15, -0.1) is 0 Å². The van der Waals surface area contributed by atoms with Crippen molar-refractivity contribution in [2.75, 3.05) is 13.2 Å². The van der Waals surface area contributed by atoms with Gasteiger partial charge in [0.05, 0.1) is 0 Å². The van der Waals surface area contributed by atoms with Crippen LogP contribution in [0.4, 0.5) is 0 Å². The first-order chi connectivity index (χ1) is 40.5. The molecular formula is C76H122O6. The van der Waals surface area contributed by atoms with Crippen LogP contribution in [-0.2, 0) is 28.6 Å². The number of hydrogen-bond acceptors (Lipinski definition) is 6.